The van der Waals surface area contributed by atoms with E-state index in [2.05, 4.69) is 98.9 Å². The van der Waals surface area contributed by atoms with Crippen molar-refractivity contribution in [3.63, 3.8) is 0 Å². The second kappa shape index (κ2) is 25.6. The Balaban J connectivity index is 0.951. The van der Waals surface area contributed by atoms with E-state index in [0.717, 1.165) is 44.9 Å². The smallest absolute Gasteiger partial charge is 0.251 e. The summed E-state index contributed by atoms with van der Waals surface area (Å²) >= 11 is 6.34. The van der Waals surface area contributed by atoms with Crippen molar-refractivity contribution < 1.29 is 18.4 Å². The first kappa shape index (κ1) is 46.0. The molecule has 0 fully saturated rings. The highest BCUT2D eigenvalue weighted by Crippen LogP contribution is 2.35. The molecule has 2 amide bonds. The monoisotopic (exact) mass is 845 g/mol. The molecule has 0 saturated heterocycles. The van der Waals surface area contributed by atoms with Crippen LogP contribution in [0, 0.1) is 11.6 Å². The van der Waals surface area contributed by atoms with E-state index < -0.39 is 11.6 Å². The van der Waals surface area contributed by atoms with E-state index >= 15 is 0 Å². The van der Waals surface area contributed by atoms with Gasteiger partial charge < -0.3 is 21.3 Å². The van der Waals surface area contributed by atoms with Gasteiger partial charge in [-0.3, -0.25) is 14.6 Å². The van der Waals surface area contributed by atoms with Crippen LogP contribution >= 0.6 is 11.6 Å². The molecule has 4 aromatic rings. The van der Waals surface area contributed by atoms with E-state index in [4.69, 9.17) is 16.6 Å². The van der Waals surface area contributed by atoms with Crippen LogP contribution < -0.4 is 21.3 Å². The molecule has 1 aliphatic rings. The highest BCUT2D eigenvalue weighted by molar-refractivity contribution is 6.31. The fourth-order valence-electron chi connectivity index (χ4n) is 6.38. The maximum Gasteiger partial charge on any atom is 0.251 e. The van der Waals surface area contributed by atoms with Crippen LogP contribution in [0.3, 0.4) is 0 Å². The van der Waals surface area contributed by atoms with Gasteiger partial charge in [0.2, 0.25) is 11.9 Å². The van der Waals surface area contributed by atoms with Crippen LogP contribution in [-0.4, -0.2) is 53.7 Å². The van der Waals surface area contributed by atoms with Crippen LogP contribution in [0.15, 0.2) is 133 Å². The van der Waals surface area contributed by atoms with Crippen molar-refractivity contribution in [1.29, 1.82) is 0 Å². The molecule has 9 nitrogen and oxygen atoms in total. The van der Waals surface area contributed by atoms with Gasteiger partial charge in [-0.2, -0.15) is 0 Å². The Bertz CT molecular complexity index is 2230. The lowest BCUT2D eigenvalue weighted by atomic mass is 9.95. The summed E-state index contributed by atoms with van der Waals surface area (Å²) in [5.41, 5.74) is 3.36. The van der Waals surface area contributed by atoms with Crippen LogP contribution in [0.5, 0.6) is 0 Å². The van der Waals surface area contributed by atoms with Gasteiger partial charge in [-0.1, -0.05) is 91.4 Å². The molecule has 0 spiro atoms. The number of unbranched alkanes of at least 4 members (excludes halogenated alkanes) is 1. The summed E-state index contributed by atoms with van der Waals surface area (Å²) in [6, 6.07) is 15.7. The van der Waals surface area contributed by atoms with Crippen LogP contribution in [0.25, 0.3) is 11.3 Å². The maximum absolute atomic E-state index is 14.9. The Labute approximate surface area is 362 Å². The van der Waals surface area contributed by atoms with E-state index in [-0.39, 0.29) is 29.6 Å². The number of benzene rings is 3. The lowest BCUT2D eigenvalue weighted by Crippen LogP contribution is -2.36. The molecule has 0 radical (unpaired) electrons. The molecule has 318 valence electrons. The first-order valence-corrected chi connectivity index (χ1v) is 21.2. The molecule has 0 aliphatic carbocycles. The summed E-state index contributed by atoms with van der Waals surface area (Å²) in [5.74, 6) is -1.34. The Morgan fingerprint density at radius 2 is 1.39 bits per heavy atom. The maximum atomic E-state index is 14.9. The summed E-state index contributed by atoms with van der Waals surface area (Å²) < 4.78 is 29.8. The minimum atomic E-state index is -0.727. The van der Waals surface area contributed by atoms with Crippen LogP contribution in [0.4, 0.5) is 20.4 Å². The van der Waals surface area contributed by atoms with Crippen molar-refractivity contribution in [2.45, 2.75) is 64.8 Å². The van der Waals surface area contributed by atoms with Crippen molar-refractivity contribution in [2.24, 2.45) is 4.99 Å². The highest BCUT2D eigenvalue weighted by Gasteiger charge is 2.25. The fourth-order valence-corrected chi connectivity index (χ4v) is 6.55. The predicted molar refractivity (Wildman–Crippen MR) is 244 cm³/mol. The second-order valence-corrected chi connectivity index (χ2v) is 14.6. The average Bonchev–Trinajstić information content (AvgIpc) is 3.40. The van der Waals surface area contributed by atoms with Crippen LogP contribution in [0.1, 0.15) is 85.3 Å². The zero-order chi connectivity index (χ0) is 43.1. The molecule has 0 unspecified atom stereocenters. The molecule has 1 aromatic heterocycles. The lowest BCUT2D eigenvalue weighted by molar-refractivity contribution is -0.121. The van der Waals surface area contributed by atoms with E-state index in [1.165, 1.54) is 18.2 Å². The highest BCUT2D eigenvalue weighted by atomic mass is 35.5. The van der Waals surface area contributed by atoms with Crippen molar-refractivity contribution in [1.82, 2.24) is 25.9 Å². The summed E-state index contributed by atoms with van der Waals surface area (Å²) in [4.78, 5) is 38.7. The van der Waals surface area contributed by atoms with E-state index in [0.29, 0.717) is 77.2 Å². The molecule has 61 heavy (non-hydrogen) atoms. The minimum Gasteiger partial charge on any atom is -0.355 e. The number of fused-ring (bicyclic) bond motifs is 3. The molecule has 4 N–H and O–H groups in total. The van der Waals surface area contributed by atoms with Gasteiger partial charge in [0.15, 0.2) is 0 Å². The molecule has 0 atom stereocenters. The number of nitrogens with zero attached hydrogens (tertiary/aromatic N) is 3. The topological polar surface area (TPSA) is 120 Å². The normalized spacial score (nSPS) is 12.6. The Morgan fingerprint density at radius 3 is 2.07 bits per heavy atom. The molecule has 5 rings (SSSR count). The quantitative estimate of drug-likeness (QED) is 0.0436. The van der Waals surface area contributed by atoms with E-state index in [9.17, 15) is 18.4 Å². The lowest BCUT2D eigenvalue weighted by Gasteiger charge is -2.13. The number of aliphatic imine (C=N–C) groups is 1. The van der Waals surface area contributed by atoms with Gasteiger partial charge in [0.1, 0.15) is 11.6 Å². The standard InChI is InChI=1S/C49H54ClF2N7O2/c1-2-3-4-5-6-7-8-9-10-11-12-13-14-15-16-17-18-22-44(60)54-31-29-53-30-32-55-48(61)36-23-26-39(27-24-36)58-49-57-35-37-34-56-47(45-42(51)20-19-21-43(45)52)41-33-38(50)25-28-40(41)46(37)59-49/h3-4,6-7,9-10,12-13,15-16,19-21,23-28,33,35,53H,2,5,8,11,14,17-18,22,29-32,34H2,1H3,(H,54,60)(H,55,61)(H,57,58,59). The average molecular weight is 846 g/mol. The largest absolute Gasteiger partial charge is 0.355 e. The van der Waals surface area contributed by atoms with Gasteiger partial charge in [0, 0.05) is 71.8 Å². The van der Waals surface area contributed by atoms with Gasteiger partial charge in [-0.25, -0.2) is 18.7 Å². The van der Waals surface area contributed by atoms with E-state index in [1.807, 2.05) is 0 Å². The van der Waals surface area contributed by atoms with Crippen molar-refractivity contribution in [2.75, 3.05) is 31.5 Å². The molecular weight excluding hydrogens is 792 g/mol. The van der Waals surface area contributed by atoms with Gasteiger partial charge in [0.05, 0.1) is 23.5 Å². The first-order chi connectivity index (χ1) is 29.8. The third-order valence-corrected chi connectivity index (χ3v) is 9.75. The molecule has 0 saturated carbocycles. The second-order valence-electron chi connectivity index (χ2n) is 14.2. The van der Waals surface area contributed by atoms with Crippen LogP contribution in [-0.2, 0) is 11.3 Å². The molecule has 2 heterocycles. The number of allylic oxidation sites excluding steroid dienone is 10. The number of halogens is 3. The Kier molecular flexibility index (Phi) is 19.3. The summed E-state index contributed by atoms with van der Waals surface area (Å²) in [6.45, 7) is 4.33. The zero-order valence-corrected chi connectivity index (χ0v) is 35.4. The summed E-state index contributed by atoms with van der Waals surface area (Å²) in [7, 11) is 0. The van der Waals surface area contributed by atoms with E-state index in [1.54, 1.807) is 48.7 Å². The molecule has 3 aromatic carbocycles. The third-order valence-electron chi connectivity index (χ3n) is 9.51. The summed E-state index contributed by atoms with van der Waals surface area (Å²) in [6.07, 6.45) is 30.4. The number of amides is 2. The molecule has 12 heteroatoms. The number of anilines is 2. The third kappa shape index (κ3) is 15.2. The number of carbonyl (C=O) groups is 2. The summed E-state index contributed by atoms with van der Waals surface area (Å²) in [5, 5.41) is 12.6. The van der Waals surface area contributed by atoms with Gasteiger partial charge in [0.25, 0.3) is 5.91 Å². The van der Waals surface area contributed by atoms with Crippen LogP contribution in [0.2, 0.25) is 5.02 Å². The minimum absolute atomic E-state index is 0.0346. The predicted octanol–water partition coefficient (Wildman–Crippen LogP) is 10.5. The first-order valence-electron chi connectivity index (χ1n) is 20.9. The Hall–Kier alpha value is -6.04. The van der Waals surface area contributed by atoms with Crippen molar-refractivity contribution >= 4 is 40.8 Å². The number of aromatic nitrogens is 2. The van der Waals surface area contributed by atoms with Gasteiger partial charge >= 0.3 is 0 Å². The van der Waals surface area contributed by atoms with Crippen molar-refractivity contribution in [3.8, 4) is 11.3 Å². The molecule has 0 bridgehead atoms. The number of hydrogen-bond donors (Lipinski definition) is 4. The molecule has 1 aliphatic heterocycles. The number of hydrogen-bond acceptors (Lipinski definition) is 7. The SMILES string of the molecule is CCC=CCC=CCC=CCC=CCC=CCCCC(=O)NCCNCCNC(=O)c1ccc(Nc2ncc3c(n2)-c2ccc(Cl)cc2C(c2c(F)cccc2F)=NC3)cc1. The zero-order valence-electron chi connectivity index (χ0n) is 34.6. The fraction of sp³-hybridized carbons (Fsp3) is 0.286. The molecular formula is C49H54ClF2N7O2. The number of carbonyl (C=O) groups excluding carboxylic acids is 2. The number of nitrogens with one attached hydrogen (secondary N) is 4. The number of rotatable bonds is 23. The Morgan fingerprint density at radius 1 is 0.754 bits per heavy atom. The van der Waals surface area contributed by atoms with Crippen molar-refractivity contribution in [3.05, 3.63) is 167 Å². The van der Waals surface area contributed by atoms with Gasteiger partial charge in [-0.15, -0.1) is 0 Å². The van der Waals surface area contributed by atoms with Gasteiger partial charge in [-0.05, 0) is 93.5 Å².